The predicted octanol–water partition coefficient (Wildman–Crippen LogP) is 1.97. The smallest absolute Gasteiger partial charge is 0.373 e. The lowest BCUT2D eigenvalue weighted by atomic mass is 10.3. The minimum Gasteiger partial charge on any atom is -0.460 e. The number of esters is 1. The van der Waals surface area contributed by atoms with Gasteiger partial charge in [-0.3, -0.25) is 4.79 Å². The molecule has 24 heavy (non-hydrogen) atoms. The summed E-state index contributed by atoms with van der Waals surface area (Å²) in [5.74, 6) is -1.08. The van der Waals surface area contributed by atoms with Gasteiger partial charge in [-0.25, -0.2) is 17.9 Å². The normalized spacial score (nSPS) is 10.8. The van der Waals surface area contributed by atoms with Gasteiger partial charge < -0.3 is 9.47 Å². The van der Waals surface area contributed by atoms with Gasteiger partial charge in [-0.15, -0.1) is 11.6 Å². The van der Waals surface area contributed by atoms with Crippen LogP contribution in [0.4, 0.5) is 0 Å². The van der Waals surface area contributed by atoms with Crippen LogP contribution in [0, 0.1) is 0 Å². The Bertz CT molecular complexity index is 699. The van der Waals surface area contributed by atoms with Crippen LogP contribution in [-0.2, 0) is 24.3 Å². The van der Waals surface area contributed by atoms with E-state index in [0.29, 0.717) is 6.42 Å². The van der Waals surface area contributed by atoms with E-state index in [2.05, 4.69) is 6.58 Å². The molecule has 0 unspecified atom stereocenters. The summed E-state index contributed by atoms with van der Waals surface area (Å²) < 4.78 is 35.9. The second-order valence-corrected chi connectivity index (χ2v) is 6.60. The highest BCUT2D eigenvalue weighted by molar-refractivity contribution is 7.90. The number of ether oxygens (including phenoxy) is 2. The van der Waals surface area contributed by atoms with Crippen molar-refractivity contribution in [2.45, 2.75) is 24.7 Å². The van der Waals surface area contributed by atoms with Crippen molar-refractivity contribution < 1.29 is 27.5 Å². The van der Waals surface area contributed by atoms with Gasteiger partial charge in [-0.1, -0.05) is 0 Å². The molecule has 0 aromatic heterocycles. The average molecular weight is 376 g/mol. The largest absolute Gasteiger partial charge is 0.460 e. The van der Waals surface area contributed by atoms with Crippen LogP contribution in [0.1, 0.15) is 19.8 Å². The van der Waals surface area contributed by atoms with Gasteiger partial charge in [0.05, 0.1) is 11.5 Å². The van der Waals surface area contributed by atoms with E-state index >= 15 is 0 Å². The molecule has 0 atom stereocenters. The first-order valence-electron chi connectivity index (χ1n) is 7.05. The molecule has 0 aliphatic heterocycles. The first-order valence-corrected chi connectivity index (χ1v) is 9.07. The number of carbonyl (C=O) groups excluding carboxylic acids is 2. The van der Waals surface area contributed by atoms with Crippen molar-refractivity contribution in [2.24, 2.45) is 0 Å². The molecular weight excluding hydrogens is 358 g/mol. The number of halogens is 1. The zero-order chi connectivity index (χ0) is 18.2. The monoisotopic (exact) mass is 375 g/mol. The van der Waals surface area contributed by atoms with E-state index < -0.39 is 21.9 Å². The van der Waals surface area contributed by atoms with Crippen molar-refractivity contribution in [2.75, 3.05) is 12.5 Å². The Morgan fingerprint density at radius 2 is 1.88 bits per heavy atom. The number of carbonyl (C=O) groups is 2. The fourth-order valence-corrected chi connectivity index (χ4v) is 2.72. The van der Waals surface area contributed by atoms with Gasteiger partial charge in [0.25, 0.3) is 10.0 Å². The second kappa shape index (κ2) is 9.29. The standard InChI is InChI=1S/C15H18ClNO6S/c1-3-22-15(19)11(2)23-12-6-8-13(9-7-12)24(20,21)17-14(18)5-4-10-16/h6-9H,2-5,10H2,1H3,(H,17,18). The molecule has 1 N–H and O–H groups in total. The van der Waals surface area contributed by atoms with Crippen LogP contribution >= 0.6 is 11.6 Å². The third kappa shape index (κ3) is 6.21. The van der Waals surface area contributed by atoms with Crippen LogP contribution in [0.3, 0.4) is 0 Å². The number of nitrogens with one attached hydrogen (secondary N) is 1. The molecule has 1 amide bonds. The molecule has 1 aromatic carbocycles. The average Bonchev–Trinajstić information content (AvgIpc) is 2.53. The summed E-state index contributed by atoms with van der Waals surface area (Å²) >= 11 is 5.45. The van der Waals surface area contributed by atoms with Gasteiger partial charge in [-0.05, 0) is 44.2 Å². The molecule has 0 aliphatic rings. The van der Waals surface area contributed by atoms with E-state index in [-0.39, 0.29) is 35.3 Å². The van der Waals surface area contributed by atoms with E-state index in [1.165, 1.54) is 24.3 Å². The van der Waals surface area contributed by atoms with Gasteiger partial charge in [0.1, 0.15) is 5.75 Å². The van der Waals surface area contributed by atoms with Crippen molar-refractivity contribution in [3.8, 4) is 5.75 Å². The Labute approximate surface area is 145 Å². The lowest BCUT2D eigenvalue weighted by Gasteiger charge is -2.09. The molecule has 0 bridgehead atoms. The van der Waals surface area contributed by atoms with Crippen molar-refractivity contribution in [1.82, 2.24) is 4.72 Å². The molecule has 0 saturated carbocycles. The molecule has 0 radical (unpaired) electrons. The lowest BCUT2D eigenvalue weighted by molar-refractivity contribution is -0.141. The Hall–Kier alpha value is -2.06. The van der Waals surface area contributed by atoms with Gasteiger partial charge in [0.15, 0.2) is 0 Å². The Morgan fingerprint density at radius 1 is 1.25 bits per heavy atom. The van der Waals surface area contributed by atoms with Crippen molar-refractivity contribution >= 4 is 33.5 Å². The molecule has 0 saturated heterocycles. The van der Waals surface area contributed by atoms with Crippen LogP contribution in [0.25, 0.3) is 0 Å². The van der Waals surface area contributed by atoms with E-state index in [1.807, 2.05) is 4.72 Å². The molecule has 0 spiro atoms. The second-order valence-electron chi connectivity index (χ2n) is 4.54. The number of hydrogen-bond acceptors (Lipinski definition) is 6. The third-order valence-electron chi connectivity index (χ3n) is 2.66. The molecule has 1 rings (SSSR count). The molecule has 132 valence electrons. The zero-order valence-electron chi connectivity index (χ0n) is 13.1. The van der Waals surface area contributed by atoms with E-state index in [4.69, 9.17) is 21.1 Å². The van der Waals surface area contributed by atoms with Crippen molar-refractivity contribution in [3.63, 3.8) is 0 Å². The van der Waals surface area contributed by atoms with Crippen LogP contribution in [-0.4, -0.2) is 32.8 Å². The van der Waals surface area contributed by atoms with Crippen LogP contribution in [0.5, 0.6) is 5.75 Å². The highest BCUT2D eigenvalue weighted by Crippen LogP contribution is 2.18. The van der Waals surface area contributed by atoms with Crippen LogP contribution < -0.4 is 9.46 Å². The first kappa shape index (κ1) is 20.0. The quantitative estimate of drug-likeness (QED) is 0.306. The molecule has 0 aliphatic carbocycles. The fraction of sp³-hybridized carbons (Fsp3) is 0.333. The molecule has 0 fully saturated rings. The zero-order valence-corrected chi connectivity index (χ0v) is 14.7. The van der Waals surface area contributed by atoms with E-state index in [1.54, 1.807) is 6.92 Å². The van der Waals surface area contributed by atoms with Crippen molar-refractivity contribution in [3.05, 3.63) is 36.6 Å². The minimum absolute atomic E-state index is 0.0172. The number of hydrogen-bond donors (Lipinski definition) is 1. The topological polar surface area (TPSA) is 98.8 Å². The predicted molar refractivity (Wildman–Crippen MR) is 88.1 cm³/mol. The van der Waals surface area contributed by atoms with E-state index in [9.17, 15) is 18.0 Å². The van der Waals surface area contributed by atoms with Gasteiger partial charge in [0.2, 0.25) is 11.7 Å². The van der Waals surface area contributed by atoms with Crippen LogP contribution in [0.2, 0.25) is 0 Å². The maximum absolute atomic E-state index is 12.0. The van der Waals surface area contributed by atoms with Gasteiger partial charge in [0, 0.05) is 12.3 Å². The van der Waals surface area contributed by atoms with Crippen LogP contribution in [0.15, 0.2) is 41.5 Å². The molecule has 1 aromatic rings. The van der Waals surface area contributed by atoms with Gasteiger partial charge in [-0.2, -0.15) is 0 Å². The molecule has 9 heteroatoms. The number of benzene rings is 1. The third-order valence-corrected chi connectivity index (χ3v) is 4.32. The Balaban J connectivity index is 2.74. The SMILES string of the molecule is C=C(Oc1ccc(S(=O)(=O)NC(=O)CCCCl)cc1)C(=O)OCC. The summed E-state index contributed by atoms with van der Waals surface area (Å²) in [5, 5.41) is 0. The highest BCUT2D eigenvalue weighted by Gasteiger charge is 2.18. The number of amides is 1. The summed E-state index contributed by atoms with van der Waals surface area (Å²) in [5.41, 5.74) is 0. The Morgan fingerprint density at radius 3 is 2.42 bits per heavy atom. The fourth-order valence-electron chi connectivity index (χ4n) is 1.57. The van der Waals surface area contributed by atoms with Crippen molar-refractivity contribution in [1.29, 1.82) is 0 Å². The Kier molecular flexibility index (Phi) is 7.73. The minimum atomic E-state index is -3.97. The number of rotatable bonds is 9. The van der Waals surface area contributed by atoms with Gasteiger partial charge >= 0.3 is 5.97 Å². The maximum Gasteiger partial charge on any atom is 0.373 e. The highest BCUT2D eigenvalue weighted by atomic mass is 35.5. The summed E-state index contributed by atoms with van der Waals surface area (Å²) in [6.07, 6.45) is 0.398. The molecule has 7 nitrogen and oxygen atoms in total. The lowest BCUT2D eigenvalue weighted by Crippen LogP contribution is -2.30. The molecular formula is C15H18ClNO6S. The first-order chi connectivity index (χ1) is 11.3. The molecule has 0 heterocycles. The summed E-state index contributed by atoms with van der Waals surface area (Å²) in [7, 11) is -3.97. The summed E-state index contributed by atoms with van der Waals surface area (Å²) in [4.78, 5) is 22.8. The number of alkyl halides is 1. The summed E-state index contributed by atoms with van der Waals surface area (Å²) in [6.45, 7) is 5.25. The maximum atomic E-state index is 12.0. The summed E-state index contributed by atoms with van der Waals surface area (Å²) in [6, 6.07) is 5.15. The van der Waals surface area contributed by atoms with E-state index in [0.717, 1.165) is 0 Å². The number of sulfonamides is 1.